The topological polar surface area (TPSA) is 80.5 Å². The number of ether oxygens (including phenoxy) is 1. The number of rotatable bonds is 5. The normalized spacial score (nSPS) is 10.4. The number of nitrogens with zero attached hydrogens (tertiary/aromatic N) is 3. The molecule has 2 aromatic carbocycles. The highest BCUT2D eigenvalue weighted by Gasteiger charge is 2.16. The quantitative estimate of drug-likeness (QED) is 0.757. The highest BCUT2D eigenvalue weighted by Crippen LogP contribution is 2.24. The molecule has 7 heteroatoms. The summed E-state index contributed by atoms with van der Waals surface area (Å²) < 4.78 is 10.5. The van der Waals surface area contributed by atoms with E-state index in [-0.39, 0.29) is 12.6 Å². The number of nitrogens with one attached hydrogen (secondary N) is 1. The van der Waals surface area contributed by atoms with Crippen molar-refractivity contribution < 1.29 is 14.1 Å². The van der Waals surface area contributed by atoms with Gasteiger partial charge in [-0.05, 0) is 24.6 Å². The smallest absolute Gasteiger partial charge is 0.322 e. The van der Waals surface area contributed by atoms with Crippen LogP contribution in [0.5, 0.6) is 5.75 Å². The molecular formula is C19H20N4O3. The molecule has 0 saturated carbocycles. The van der Waals surface area contributed by atoms with Crippen LogP contribution in [0.15, 0.2) is 53.1 Å². The van der Waals surface area contributed by atoms with Crippen LogP contribution in [-0.2, 0) is 6.54 Å². The number of aromatic nitrogens is 2. The van der Waals surface area contributed by atoms with E-state index in [0.717, 1.165) is 11.1 Å². The molecule has 0 aliphatic carbocycles. The molecule has 26 heavy (non-hydrogen) atoms. The Hall–Kier alpha value is -3.35. The lowest BCUT2D eigenvalue weighted by molar-refractivity contribution is 0.213. The molecule has 0 radical (unpaired) electrons. The van der Waals surface area contributed by atoms with E-state index >= 15 is 0 Å². The number of carbonyl (C=O) groups is 1. The summed E-state index contributed by atoms with van der Waals surface area (Å²) in [6.45, 7) is 2.18. The lowest BCUT2D eigenvalue weighted by atomic mass is 10.1. The molecule has 134 valence electrons. The van der Waals surface area contributed by atoms with Crippen molar-refractivity contribution in [2.24, 2.45) is 0 Å². The average Bonchev–Trinajstić information content (AvgIpc) is 3.10. The first-order valence-electron chi connectivity index (χ1n) is 8.12. The summed E-state index contributed by atoms with van der Waals surface area (Å²) in [5, 5.41) is 6.81. The van der Waals surface area contributed by atoms with Crippen molar-refractivity contribution in [3.8, 4) is 17.1 Å². The van der Waals surface area contributed by atoms with Crippen LogP contribution < -0.4 is 10.1 Å². The number of benzene rings is 2. The van der Waals surface area contributed by atoms with Gasteiger partial charge in [0, 0.05) is 12.6 Å². The summed E-state index contributed by atoms with van der Waals surface area (Å²) in [7, 11) is 3.21. The van der Waals surface area contributed by atoms with Gasteiger partial charge >= 0.3 is 6.03 Å². The number of para-hydroxylation sites is 2. The van der Waals surface area contributed by atoms with Crippen molar-refractivity contribution in [3.05, 3.63) is 60.0 Å². The molecule has 1 N–H and O–H groups in total. The predicted molar refractivity (Wildman–Crippen MR) is 98.0 cm³/mol. The largest absolute Gasteiger partial charge is 0.495 e. The van der Waals surface area contributed by atoms with E-state index in [1.54, 1.807) is 26.3 Å². The molecule has 0 unspecified atom stereocenters. The molecule has 0 aliphatic rings. The van der Waals surface area contributed by atoms with Gasteiger partial charge in [-0.3, -0.25) is 0 Å². The van der Waals surface area contributed by atoms with Crippen molar-refractivity contribution in [2.45, 2.75) is 13.5 Å². The van der Waals surface area contributed by atoms with Gasteiger partial charge in [0.05, 0.1) is 12.8 Å². The molecule has 0 spiro atoms. The second-order valence-electron chi connectivity index (χ2n) is 5.81. The molecule has 0 aliphatic heterocycles. The second kappa shape index (κ2) is 7.69. The monoisotopic (exact) mass is 352 g/mol. The van der Waals surface area contributed by atoms with Crippen LogP contribution >= 0.6 is 0 Å². The number of aryl methyl sites for hydroxylation is 1. The van der Waals surface area contributed by atoms with Crippen LogP contribution in [0.3, 0.4) is 0 Å². The first-order valence-corrected chi connectivity index (χ1v) is 8.12. The Morgan fingerprint density at radius 2 is 1.92 bits per heavy atom. The Morgan fingerprint density at radius 1 is 1.19 bits per heavy atom. The molecule has 1 aromatic heterocycles. The molecule has 3 aromatic rings. The van der Waals surface area contributed by atoms with Gasteiger partial charge < -0.3 is 19.5 Å². The van der Waals surface area contributed by atoms with Crippen LogP contribution in [0, 0.1) is 6.92 Å². The van der Waals surface area contributed by atoms with Crippen LogP contribution in [0.2, 0.25) is 0 Å². The van der Waals surface area contributed by atoms with Crippen LogP contribution in [0.4, 0.5) is 10.5 Å². The zero-order valence-corrected chi connectivity index (χ0v) is 14.9. The van der Waals surface area contributed by atoms with Crippen molar-refractivity contribution in [1.29, 1.82) is 0 Å². The van der Waals surface area contributed by atoms with Gasteiger partial charge in [0.15, 0.2) is 0 Å². The average molecular weight is 352 g/mol. The number of carbonyl (C=O) groups excluding carboxylic acids is 1. The van der Waals surface area contributed by atoms with Crippen molar-refractivity contribution >= 4 is 11.7 Å². The SMILES string of the molecule is COc1ccccc1NC(=O)N(C)Cc1nc(-c2ccccc2C)no1. The van der Waals surface area contributed by atoms with Gasteiger partial charge in [-0.25, -0.2) is 4.79 Å². The van der Waals surface area contributed by atoms with E-state index in [4.69, 9.17) is 9.26 Å². The maximum atomic E-state index is 12.4. The molecule has 7 nitrogen and oxygen atoms in total. The zero-order chi connectivity index (χ0) is 18.5. The molecule has 2 amide bonds. The van der Waals surface area contributed by atoms with Gasteiger partial charge in [-0.2, -0.15) is 4.98 Å². The lowest BCUT2D eigenvalue weighted by Gasteiger charge is -2.17. The third-order valence-electron chi connectivity index (χ3n) is 3.92. The van der Waals surface area contributed by atoms with E-state index in [1.165, 1.54) is 4.90 Å². The fraction of sp³-hybridized carbons (Fsp3) is 0.211. The van der Waals surface area contributed by atoms with Gasteiger partial charge in [-0.1, -0.05) is 41.6 Å². The van der Waals surface area contributed by atoms with E-state index in [2.05, 4.69) is 15.5 Å². The van der Waals surface area contributed by atoms with Crippen LogP contribution in [0.25, 0.3) is 11.4 Å². The summed E-state index contributed by atoms with van der Waals surface area (Å²) in [4.78, 5) is 18.2. The van der Waals surface area contributed by atoms with Gasteiger partial charge in [0.1, 0.15) is 12.3 Å². The number of hydrogen-bond acceptors (Lipinski definition) is 5. The Bertz CT molecular complexity index is 907. The number of methoxy groups -OCH3 is 1. The number of amides is 2. The fourth-order valence-corrected chi connectivity index (χ4v) is 2.49. The molecule has 0 bridgehead atoms. The number of anilines is 1. The van der Waals surface area contributed by atoms with Gasteiger partial charge in [0.2, 0.25) is 11.7 Å². The molecule has 0 saturated heterocycles. The summed E-state index contributed by atoms with van der Waals surface area (Å²) in [6, 6.07) is 14.7. The van der Waals surface area contributed by atoms with E-state index in [9.17, 15) is 4.79 Å². The van der Waals surface area contributed by atoms with Gasteiger partial charge in [-0.15, -0.1) is 0 Å². The van der Waals surface area contributed by atoms with Crippen molar-refractivity contribution in [3.63, 3.8) is 0 Å². The summed E-state index contributed by atoms with van der Waals surface area (Å²) in [5.41, 5.74) is 2.56. The highest BCUT2D eigenvalue weighted by molar-refractivity contribution is 5.90. The maximum absolute atomic E-state index is 12.4. The molecule has 3 rings (SSSR count). The third kappa shape index (κ3) is 3.83. The Labute approximate surface area is 151 Å². The predicted octanol–water partition coefficient (Wildman–Crippen LogP) is 3.72. The summed E-state index contributed by atoms with van der Waals surface area (Å²) in [5.74, 6) is 1.46. The first kappa shape index (κ1) is 17.5. The van der Waals surface area contributed by atoms with Crippen molar-refractivity contribution in [1.82, 2.24) is 15.0 Å². The van der Waals surface area contributed by atoms with Crippen molar-refractivity contribution in [2.75, 3.05) is 19.5 Å². The van der Waals surface area contributed by atoms with Crippen LogP contribution in [-0.4, -0.2) is 35.2 Å². The molecule has 1 heterocycles. The Kier molecular flexibility index (Phi) is 5.17. The van der Waals surface area contributed by atoms with Gasteiger partial charge in [0.25, 0.3) is 0 Å². The minimum Gasteiger partial charge on any atom is -0.495 e. The Balaban J connectivity index is 1.67. The molecule has 0 atom stereocenters. The van der Waals surface area contributed by atoms with Crippen LogP contribution in [0.1, 0.15) is 11.5 Å². The third-order valence-corrected chi connectivity index (χ3v) is 3.92. The second-order valence-corrected chi connectivity index (χ2v) is 5.81. The molecular weight excluding hydrogens is 332 g/mol. The minimum absolute atomic E-state index is 0.194. The van der Waals surface area contributed by atoms with E-state index in [0.29, 0.717) is 23.2 Å². The number of hydrogen-bond donors (Lipinski definition) is 1. The first-order chi connectivity index (χ1) is 12.6. The Morgan fingerprint density at radius 3 is 2.69 bits per heavy atom. The van der Waals surface area contributed by atoms with E-state index < -0.39 is 0 Å². The standard InChI is InChI=1S/C19H20N4O3/c1-13-8-4-5-9-14(13)18-21-17(26-22-18)12-23(2)19(24)20-15-10-6-7-11-16(15)25-3/h4-11H,12H2,1-3H3,(H,20,24). The fourth-order valence-electron chi connectivity index (χ4n) is 2.49. The zero-order valence-electron chi connectivity index (χ0n) is 14.9. The summed E-state index contributed by atoms with van der Waals surface area (Å²) >= 11 is 0. The summed E-state index contributed by atoms with van der Waals surface area (Å²) in [6.07, 6.45) is 0. The minimum atomic E-state index is -0.301. The number of urea groups is 1. The highest BCUT2D eigenvalue weighted by atomic mass is 16.5. The maximum Gasteiger partial charge on any atom is 0.322 e. The molecule has 0 fully saturated rings. The lowest BCUT2D eigenvalue weighted by Crippen LogP contribution is -2.31. The van der Waals surface area contributed by atoms with E-state index in [1.807, 2.05) is 43.3 Å².